The average Bonchev–Trinajstić information content (AvgIpc) is 2.23. The highest BCUT2D eigenvalue weighted by atomic mass is 16.4. The molecule has 1 N–H and O–H groups in total. The minimum atomic E-state index is -1.14. The first-order valence-corrected chi connectivity index (χ1v) is 5.06. The predicted molar refractivity (Wildman–Crippen MR) is 55.3 cm³/mol. The summed E-state index contributed by atoms with van der Waals surface area (Å²) in [5, 5.41) is 8.88. The maximum atomic E-state index is 11.7. The highest BCUT2D eigenvalue weighted by molar-refractivity contribution is 5.87. The SMILES string of the molecule is Cn1c2c(cc(C(=O)O)c1=O)CCCC2. The van der Waals surface area contributed by atoms with E-state index in [2.05, 4.69) is 0 Å². The van der Waals surface area contributed by atoms with Crippen molar-refractivity contribution in [2.24, 2.45) is 7.05 Å². The molecule has 4 nitrogen and oxygen atoms in total. The Morgan fingerprint density at radius 1 is 1.40 bits per heavy atom. The lowest BCUT2D eigenvalue weighted by Gasteiger charge is -2.19. The molecule has 15 heavy (non-hydrogen) atoms. The number of aromatic nitrogens is 1. The van der Waals surface area contributed by atoms with Crippen LogP contribution < -0.4 is 5.56 Å². The largest absolute Gasteiger partial charge is 0.477 e. The number of pyridine rings is 1. The number of carboxylic acid groups (broad SMARTS) is 1. The van der Waals surface area contributed by atoms with E-state index in [-0.39, 0.29) is 5.56 Å². The van der Waals surface area contributed by atoms with Crippen LogP contribution in [0, 0.1) is 0 Å². The van der Waals surface area contributed by atoms with Crippen LogP contribution in [0.25, 0.3) is 0 Å². The molecular formula is C11H13NO3. The molecular weight excluding hydrogens is 194 g/mol. The first-order chi connectivity index (χ1) is 7.11. The van der Waals surface area contributed by atoms with Gasteiger partial charge in [-0.3, -0.25) is 4.79 Å². The minimum absolute atomic E-state index is 0.113. The van der Waals surface area contributed by atoms with Gasteiger partial charge < -0.3 is 9.67 Å². The number of nitrogens with zero attached hydrogens (tertiary/aromatic N) is 1. The van der Waals surface area contributed by atoms with Gasteiger partial charge in [0, 0.05) is 12.7 Å². The number of aryl methyl sites for hydroxylation is 1. The summed E-state index contributed by atoms with van der Waals surface area (Å²) in [6.07, 6.45) is 3.90. The maximum absolute atomic E-state index is 11.7. The second-order valence-electron chi connectivity index (χ2n) is 3.91. The third-order valence-corrected chi connectivity index (χ3v) is 2.97. The zero-order valence-corrected chi connectivity index (χ0v) is 8.62. The van der Waals surface area contributed by atoms with Crippen LogP contribution in [0.3, 0.4) is 0 Å². The van der Waals surface area contributed by atoms with E-state index in [0.29, 0.717) is 0 Å². The van der Waals surface area contributed by atoms with Gasteiger partial charge in [0.2, 0.25) is 0 Å². The summed E-state index contributed by atoms with van der Waals surface area (Å²) in [5.41, 5.74) is 1.50. The number of carboxylic acids is 1. The van der Waals surface area contributed by atoms with Crippen LogP contribution in [0.4, 0.5) is 0 Å². The normalized spacial score (nSPS) is 14.7. The fourth-order valence-electron chi connectivity index (χ4n) is 2.14. The molecule has 1 heterocycles. The zero-order chi connectivity index (χ0) is 11.0. The molecule has 1 aliphatic rings. The maximum Gasteiger partial charge on any atom is 0.341 e. The Morgan fingerprint density at radius 2 is 2.07 bits per heavy atom. The number of hydrogen-bond acceptors (Lipinski definition) is 2. The third kappa shape index (κ3) is 1.56. The van der Waals surface area contributed by atoms with E-state index in [1.54, 1.807) is 13.1 Å². The summed E-state index contributed by atoms with van der Waals surface area (Å²) in [6.45, 7) is 0. The van der Waals surface area contributed by atoms with Gasteiger partial charge in [0.25, 0.3) is 5.56 Å². The Labute approximate surface area is 87.2 Å². The summed E-state index contributed by atoms with van der Waals surface area (Å²) >= 11 is 0. The van der Waals surface area contributed by atoms with Crippen molar-refractivity contribution in [2.45, 2.75) is 25.7 Å². The van der Waals surface area contributed by atoms with E-state index in [4.69, 9.17) is 5.11 Å². The van der Waals surface area contributed by atoms with E-state index in [9.17, 15) is 9.59 Å². The van der Waals surface area contributed by atoms with Gasteiger partial charge in [-0.05, 0) is 37.3 Å². The number of fused-ring (bicyclic) bond motifs is 1. The van der Waals surface area contributed by atoms with E-state index in [1.807, 2.05) is 0 Å². The standard InChI is InChI=1S/C11H13NO3/c1-12-9-5-3-2-4-7(9)6-8(10(12)13)11(14)15/h6H,2-5H2,1H3,(H,14,15). The molecule has 0 atom stereocenters. The fourth-order valence-corrected chi connectivity index (χ4v) is 2.14. The van der Waals surface area contributed by atoms with Crippen LogP contribution in [0.15, 0.2) is 10.9 Å². The van der Waals surface area contributed by atoms with E-state index < -0.39 is 11.5 Å². The topological polar surface area (TPSA) is 59.3 Å². The predicted octanol–water partition coefficient (Wildman–Crippen LogP) is 0.962. The quantitative estimate of drug-likeness (QED) is 0.746. The van der Waals surface area contributed by atoms with Crippen LogP contribution in [0.2, 0.25) is 0 Å². The smallest absolute Gasteiger partial charge is 0.341 e. The van der Waals surface area contributed by atoms with Crippen LogP contribution >= 0.6 is 0 Å². The van der Waals surface area contributed by atoms with Crippen molar-refractivity contribution in [3.63, 3.8) is 0 Å². The molecule has 80 valence electrons. The van der Waals surface area contributed by atoms with Crippen molar-refractivity contribution in [3.8, 4) is 0 Å². The van der Waals surface area contributed by atoms with Gasteiger partial charge in [-0.2, -0.15) is 0 Å². The summed E-state index contributed by atoms with van der Waals surface area (Å²) in [7, 11) is 1.65. The number of hydrogen-bond donors (Lipinski definition) is 1. The van der Waals surface area contributed by atoms with Gasteiger partial charge in [0.05, 0.1) is 0 Å². The van der Waals surface area contributed by atoms with E-state index in [0.717, 1.165) is 36.9 Å². The highest BCUT2D eigenvalue weighted by Gasteiger charge is 2.18. The lowest BCUT2D eigenvalue weighted by Crippen LogP contribution is -2.29. The molecule has 1 aromatic heterocycles. The molecule has 0 fully saturated rings. The molecule has 0 saturated carbocycles. The Balaban J connectivity index is 2.68. The molecule has 4 heteroatoms. The van der Waals surface area contributed by atoms with Crippen LogP contribution in [-0.4, -0.2) is 15.6 Å². The monoisotopic (exact) mass is 207 g/mol. The van der Waals surface area contributed by atoms with Gasteiger partial charge >= 0.3 is 5.97 Å². The van der Waals surface area contributed by atoms with Crippen molar-refractivity contribution in [1.82, 2.24) is 4.57 Å². The van der Waals surface area contributed by atoms with Crippen LogP contribution in [0.1, 0.15) is 34.5 Å². The summed E-state index contributed by atoms with van der Waals surface area (Å²) in [6, 6.07) is 1.54. The number of rotatable bonds is 1. The molecule has 0 spiro atoms. The second kappa shape index (κ2) is 3.53. The average molecular weight is 207 g/mol. The summed E-state index contributed by atoms with van der Waals surface area (Å²) in [5.74, 6) is -1.14. The molecule has 0 aromatic carbocycles. The third-order valence-electron chi connectivity index (χ3n) is 2.97. The van der Waals surface area contributed by atoms with Gasteiger partial charge in [-0.15, -0.1) is 0 Å². The molecule has 2 rings (SSSR count). The van der Waals surface area contributed by atoms with Gasteiger partial charge in [0.1, 0.15) is 5.56 Å². The first kappa shape index (κ1) is 9.96. The highest BCUT2D eigenvalue weighted by Crippen LogP contribution is 2.19. The van der Waals surface area contributed by atoms with E-state index in [1.165, 1.54) is 4.57 Å². The van der Waals surface area contributed by atoms with Crippen molar-refractivity contribution < 1.29 is 9.90 Å². The van der Waals surface area contributed by atoms with Gasteiger partial charge in [-0.25, -0.2) is 4.79 Å². The molecule has 1 aromatic rings. The lowest BCUT2D eigenvalue weighted by molar-refractivity contribution is 0.0694. The Morgan fingerprint density at radius 3 is 2.73 bits per heavy atom. The lowest BCUT2D eigenvalue weighted by atomic mass is 9.94. The summed E-state index contributed by atoms with van der Waals surface area (Å²) in [4.78, 5) is 22.5. The summed E-state index contributed by atoms with van der Waals surface area (Å²) < 4.78 is 1.48. The molecule has 0 aliphatic heterocycles. The molecule has 0 amide bonds. The van der Waals surface area contributed by atoms with Crippen molar-refractivity contribution in [1.29, 1.82) is 0 Å². The number of carbonyl (C=O) groups is 1. The molecule has 0 unspecified atom stereocenters. The van der Waals surface area contributed by atoms with Crippen molar-refractivity contribution in [3.05, 3.63) is 33.2 Å². The van der Waals surface area contributed by atoms with Gasteiger partial charge in [0.15, 0.2) is 0 Å². The fraction of sp³-hybridized carbons (Fsp3) is 0.455. The molecule has 0 bridgehead atoms. The molecule has 1 aliphatic carbocycles. The Hall–Kier alpha value is -1.58. The van der Waals surface area contributed by atoms with Crippen LogP contribution in [-0.2, 0) is 19.9 Å². The van der Waals surface area contributed by atoms with Crippen molar-refractivity contribution in [2.75, 3.05) is 0 Å². The first-order valence-electron chi connectivity index (χ1n) is 5.06. The van der Waals surface area contributed by atoms with Crippen LogP contribution in [0.5, 0.6) is 0 Å². The Kier molecular flexibility index (Phi) is 2.34. The number of aromatic carboxylic acids is 1. The van der Waals surface area contributed by atoms with Crippen molar-refractivity contribution >= 4 is 5.97 Å². The molecule has 0 saturated heterocycles. The van der Waals surface area contributed by atoms with Gasteiger partial charge in [-0.1, -0.05) is 0 Å². The Bertz CT molecular complexity index is 473. The minimum Gasteiger partial charge on any atom is -0.477 e. The van der Waals surface area contributed by atoms with E-state index >= 15 is 0 Å². The second-order valence-corrected chi connectivity index (χ2v) is 3.91. The molecule has 0 radical (unpaired) electrons. The zero-order valence-electron chi connectivity index (χ0n) is 8.62.